The van der Waals surface area contributed by atoms with E-state index in [1.807, 2.05) is 30.3 Å². The first-order valence-electron chi connectivity index (χ1n) is 12.6. The average molecular weight is 701 g/mol. The summed E-state index contributed by atoms with van der Waals surface area (Å²) >= 11 is 13.3. The van der Waals surface area contributed by atoms with Gasteiger partial charge in [-0.1, -0.05) is 39.7 Å². The van der Waals surface area contributed by atoms with E-state index in [0.29, 0.717) is 69.4 Å². The van der Waals surface area contributed by atoms with Gasteiger partial charge < -0.3 is 18.8 Å². The Hall–Kier alpha value is -3.51. The fourth-order valence-electron chi connectivity index (χ4n) is 4.50. The lowest BCUT2D eigenvalue weighted by Gasteiger charge is -2.26. The first-order chi connectivity index (χ1) is 19.9. The second-order valence-corrected chi connectivity index (χ2v) is 11.4. The minimum atomic E-state index is -0.380. The number of amides is 1. The standard InChI is InChI=1S/C29H21Br2ClN4O5/c30-19-5-6-24-17(11-19)13-25(41-24)28-34-23-4-2-1-3-21(23)29(38)36(28)33-15-18-12-20(32)14-22(31)27(18)40-16-26(37)35-7-9-39-10-8-35/h1-6,11-15H,7-10,16H2. The molecule has 41 heavy (non-hydrogen) atoms. The maximum atomic E-state index is 13.7. The molecule has 1 aliphatic heterocycles. The van der Waals surface area contributed by atoms with Gasteiger partial charge in [0.15, 0.2) is 12.4 Å². The number of hydrogen-bond donors (Lipinski definition) is 0. The quantitative estimate of drug-likeness (QED) is 0.199. The highest BCUT2D eigenvalue weighted by atomic mass is 79.9. The van der Waals surface area contributed by atoms with Crippen molar-refractivity contribution in [3.8, 4) is 17.3 Å². The predicted octanol–water partition coefficient (Wildman–Crippen LogP) is 6.11. The van der Waals surface area contributed by atoms with Crippen molar-refractivity contribution in [2.45, 2.75) is 0 Å². The van der Waals surface area contributed by atoms with Gasteiger partial charge in [0.05, 0.1) is 34.8 Å². The Balaban J connectivity index is 1.41. The van der Waals surface area contributed by atoms with E-state index in [2.05, 4.69) is 37.0 Å². The fraction of sp³-hybridized carbons (Fsp3) is 0.172. The number of hydrogen-bond acceptors (Lipinski definition) is 7. The Morgan fingerprint density at radius 1 is 1.10 bits per heavy atom. The third-order valence-electron chi connectivity index (χ3n) is 6.51. The molecule has 208 valence electrons. The molecule has 0 unspecified atom stereocenters. The van der Waals surface area contributed by atoms with Crippen molar-refractivity contribution >= 4 is 77.5 Å². The van der Waals surface area contributed by atoms with Crippen LogP contribution in [0.1, 0.15) is 5.56 Å². The smallest absolute Gasteiger partial charge is 0.282 e. The molecule has 1 fully saturated rings. The van der Waals surface area contributed by atoms with Crippen LogP contribution in [-0.2, 0) is 9.53 Å². The molecule has 1 saturated heterocycles. The van der Waals surface area contributed by atoms with Gasteiger partial charge in [0, 0.05) is 33.5 Å². The molecule has 1 aliphatic rings. The van der Waals surface area contributed by atoms with Crippen LogP contribution in [0.3, 0.4) is 0 Å². The zero-order chi connectivity index (χ0) is 28.5. The summed E-state index contributed by atoms with van der Waals surface area (Å²) in [5.41, 5.74) is 1.23. The molecule has 0 radical (unpaired) electrons. The molecule has 0 saturated carbocycles. The molecule has 5 aromatic rings. The number of fused-ring (bicyclic) bond motifs is 2. The van der Waals surface area contributed by atoms with Crippen LogP contribution in [0.4, 0.5) is 0 Å². The molecule has 0 spiro atoms. The molecule has 12 heteroatoms. The van der Waals surface area contributed by atoms with Crippen LogP contribution in [0.2, 0.25) is 5.02 Å². The number of para-hydroxylation sites is 1. The van der Waals surface area contributed by atoms with Gasteiger partial charge in [-0.05, 0) is 64.5 Å². The van der Waals surface area contributed by atoms with Crippen LogP contribution < -0.4 is 10.3 Å². The molecule has 6 rings (SSSR count). The van der Waals surface area contributed by atoms with Crippen molar-refractivity contribution in [2.24, 2.45) is 5.10 Å². The first-order valence-corrected chi connectivity index (χ1v) is 14.6. The van der Waals surface area contributed by atoms with Gasteiger partial charge in [-0.3, -0.25) is 9.59 Å². The van der Waals surface area contributed by atoms with Gasteiger partial charge in [-0.2, -0.15) is 9.78 Å². The maximum absolute atomic E-state index is 13.7. The van der Waals surface area contributed by atoms with E-state index in [9.17, 15) is 9.59 Å². The van der Waals surface area contributed by atoms with Gasteiger partial charge in [0.25, 0.3) is 11.5 Å². The summed E-state index contributed by atoms with van der Waals surface area (Å²) in [6, 6.07) is 17.8. The first kappa shape index (κ1) is 27.6. The Morgan fingerprint density at radius 3 is 2.73 bits per heavy atom. The number of aromatic nitrogens is 2. The van der Waals surface area contributed by atoms with Gasteiger partial charge in [0.1, 0.15) is 11.3 Å². The van der Waals surface area contributed by atoms with Crippen LogP contribution in [0.15, 0.2) is 83.9 Å². The predicted molar refractivity (Wildman–Crippen MR) is 164 cm³/mol. The third-order valence-corrected chi connectivity index (χ3v) is 7.81. The summed E-state index contributed by atoms with van der Waals surface area (Å²) in [4.78, 5) is 32.8. The van der Waals surface area contributed by atoms with Crippen LogP contribution in [0.25, 0.3) is 33.5 Å². The summed E-state index contributed by atoms with van der Waals surface area (Å²) in [6.07, 6.45) is 1.45. The Morgan fingerprint density at radius 2 is 1.90 bits per heavy atom. The van der Waals surface area contributed by atoms with E-state index in [1.165, 1.54) is 10.9 Å². The van der Waals surface area contributed by atoms with Gasteiger partial charge in [-0.25, -0.2) is 4.98 Å². The van der Waals surface area contributed by atoms with Crippen molar-refractivity contribution < 1.29 is 18.7 Å². The molecule has 0 N–H and O–H groups in total. The van der Waals surface area contributed by atoms with Crippen LogP contribution in [0, 0.1) is 0 Å². The number of ether oxygens (including phenoxy) is 2. The van der Waals surface area contributed by atoms with E-state index in [1.54, 1.807) is 35.2 Å². The van der Waals surface area contributed by atoms with Crippen molar-refractivity contribution in [1.29, 1.82) is 0 Å². The molecule has 1 amide bonds. The van der Waals surface area contributed by atoms with Crippen LogP contribution in [-0.4, -0.2) is 59.6 Å². The zero-order valence-electron chi connectivity index (χ0n) is 21.4. The summed E-state index contributed by atoms with van der Waals surface area (Å²) < 4.78 is 19.9. The van der Waals surface area contributed by atoms with Crippen LogP contribution in [0.5, 0.6) is 5.75 Å². The summed E-state index contributed by atoms with van der Waals surface area (Å²) in [5.74, 6) is 0.796. The highest BCUT2D eigenvalue weighted by Crippen LogP contribution is 2.33. The summed E-state index contributed by atoms with van der Waals surface area (Å²) in [6.45, 7) is 1.83. The number of morpholine rings is 1. The van der Waals surface area contributed by atoms with Crippen molar-refractivity contribution in [3.63, 3.8) is 0 Å². The third kappa shape index (κ3) is 5.80. The van der Waals surface area contributed by atoms with Gasteiger partial charge in [-0.15, -0.1) is 0 Å². The molecular formula is C29H21Br2ClN4O5. The Kier molecular flexibility index (Phi) is 7.94. The lowest BCUT2D eigenvalue weighted by Crippen LogP contribution is -2.43. The minimum Gasteiger partial charge on any atom is -0.482 e. The SMILES string of the molecule is O=C(COc1c(Br)cc(Cl)cc1C=Nn1c(-c2cc3cc(Br)ccc3o2)nc2ccccc2c1=O)N1CCOCC1. The number of nitrogens with zero attached hydrogens (tertiary/aromatic N) is 4. The Labute approximate surface area is 255 Å². The molecule has 9 nitrogen and oxygen atoms in total. The molecular weight excluding hydrogens is 680 g/mol. The number of rotatable bonds is 6. The molecule has 2 aromatic heterocycles. The molecule has 0 aliphatic carbocycles. The highest BCUT2D eigenvalue weighted by molar-refractivity contribution is 9.10. The van der Waals surface area contributed by atoms with Crippen molar-refractivity contribution in [2.75, 3.05) is 32.9 Å². The van der Waals surface area contributed by atoms with E-state index in [-0.39, 0.29) is 23.9 Å². The molecule has 3 aromatic carbocycles. The van der Waals surface area contributed by atoms with Gasteiger partial charge >= 0.3 is 0 Å². The summed E-state index contributed by atoms with van der Waals surface area (Å²) in [5, 5.41) is 6.18. The number of halogens is 3. The number of furan rings is 1. The lowest BCUT2D eigenvalue weighted by molar-refractivity contribution is -0.137. The second-order valence-electron chi connectivity index (χ2n) is 9.19. The van der Waals surface area contributed by atoms with Crippen molar-refractivity contribution in [1.82, 2.24) is 14.6 Å². The van der Waals surface area contributed by atoms with E-state index >= 15 is 0 Å². The van der Waals surface area contributed by atoms with E-state index in [4.69, 9.17) is 30.5 Å². The normalized spacial score (nSPS) is 13.9. The fourth-order valence-corrected chi connectivity index (χ4v) is 5.83. The van der Waals surface area contributed by atoms with Crippen molar-refractivity contribution in [3.05, 3.63) is 90.5 Å². The number of carbonyl (C=O) groups excluding carboxylic acids is 1. The molecule has 0 atom stereocenters. The average Bonchev–Trinajstić information content (AvgIpc) is 3.39. The maximum Gasteiger partial charge on any atom is 0.282 e. The van der Waals surface area contributed by atoms with Gasteiger partial charge in [0.2, 0.25) is 5.82 Å². The zero-order valence-corrected chi connectivity index (χ0v) is 25.3. The topological polar surface area (TPSA) is 99.2 Å². The second kappa shape index (κ2) is 11.8. The highest BCUT2D eigenvalue weighted by Gasteiger charge is 2.20. The molecule has 3 heterocycles. The van der Waals surface area contributed by atoms with Crippen LogP contribution >= 0.6 is 43.5 Å². The largest absolute Gasteiger partial charge is 0.482 e. The minimum absolute atomic E-state index is 0.160. The lowest BCUT2D eigenvalue weighted by atomic mass is 10.2. The summed E-state index contributed by atoms with van der Waals surface area (Å²) in [7, 11) is 0. The molecule has 0 bridgehead atoms. The number of benzene rings is 3. The Bertz CT molecular complexity index is 1880. The van der Waals surface area contributed by atoms with E-state index < -0.39 is 0 Å². The van der Waals surface area contributed by atoms with E-state index in [0.717, 1.165) is 9.86 Å². The monoisotopic (exact) mass is 698 g/mol. The number of carbonyl (C=O) groups is 1.